The summed E-state index contributed by atoms with van der Waals surface area (Å²) in [4.78, 5) is 16.2. The van der Waals surface area contributed by atoms with Crippen molar-refractivity contribution in [3.05, 3.63) is 77.6 Å². The topological polar surface area (TPSA) is 51.2 Å². The zero-order valence-corrected chi connectivity index (χ0v) is 23.0. The SMILES string of the molecule is CCOc1cc(CN2CCC3(CC2)CN(c2cccc(C(F)(F)F)c2)C(=O)O3)cc(OCC)c1-c1ccc(F)cc1. The molecule has 2 heterocycles. The maximum atomic E-state index is 13.6. The van der Waals surface area contributed by atoms with Crippen LogP contribution < -0.4 is 14.4 Å². The van der Waals surface area contributed by atoms with Crippen molar-refractivity contribution in [1.82, 2.24) is 4.90 Å². The van der Waals surface area contributed by atoms with Gasteiger partial charge in [0.1, 0.15) is 22.9 Å². The fourth-order valence-electron chi connectivity index (χ4n) is 5.48. The van der Waals surface area contributed by atoms with Crippen molar-refractivity contribution in [3.8, 4) is 22.6 Å². The lowest BCUT2D eigenvalue weighted by Gasteiger charge is -2.37. The second kappa shape index (κ2) is 11.6. The van der Waals surface area contributed by atoms with Crippen LogP contribution in [-0.4, -0.2) is 49.4 Å². The highest BCUT2D eigenvalue weighted by Crippen LogP contribution is 2.42. The molecule has 0 unspecified atom stereocenters. The molecule has 0 atom stereocenters. The molecule has 2 saturated heterocycles. The highest BCUT2D eigenvalue weighted by Gasteiger charge is 2.47. The number of halogens is 4. The molecule has 3 aromatic carbocycles. The third-order valence-corrected chi connectivity index (χ3v) is 7.49. The molecule has 0 saturated carbocycles. The van der Waals surface area contributed by atoms with Crippen LogP contribution in [-0.2, 0) is 17.5 Å². The Hall–Kier alpha value is -3.79. The van der Waals surface area contributed by atoms with E-state index in [0.717, 1.165) is 28.8 Å². The van der Waals surface area contributed by atoms with Crippen molar-refractivity contribution in [3.63, 3.8) is 0 Å². The molecule has 6 nitrogen and oxygen atoms in total. The van der Waals surface area contributed by atoms with Crippen molar-refractivity contribution in [2.24, 2.45) is 0 Å². The summed E-state index contributed by atoms with van der Waals surface area (Å²) in [5.41, 5.74) is 1.16. The summed E-state index contributed by atoms with van der Waals surface area (Å²) in [7, 11) is 0. The van der Waals surface area contributed by atoms with Crippen LogP contribution in [0.5, 0.6) is 11.5 Å². The van der Waals surface area contributed by atoms with E-state index in [1.807, 2.05) is 26.0 Å². The van der Waals surface area contributed by atoms with Crippen LogP contribution in [0, 0.1) is 5.82 Å². The number of likely N-dealkylation sites (tertiary alicyclic amines) is 1. The van der Waals surface area contributed by atoms with Crippen molar-refractivity contribution in [2.45, 2.75) is 45.0 Å². The van der Waals surface area contributed by atoms with E-state index in [9.17, 15) is 22.4 Å². The summed E-state index contributed by atoms with van der Waals surface area (Å²) in [6.45, 7) is 6.77. The Bertz CT molecular complexity index is 1360. The number of carbonyl (C=O) groups excluding carboxylic acids is 1. The third-order valence-electron chi connectivity index (χ3n) is 7.49. The number of nitrogens with zero attached hydrogens (tertiary/aromatic N) is 2. The molecule has 2 aliphatic rings. The predicted octanol–water partition coefficient (Wildman–Crippen LogP) is 7.30. The van der Waals surface area contributed by atoms with E-state index >= 15 is 0 Å². The fraction of sp³-hybridized carbons (Fsp3) is 0.387. The number of piperidine rings is 1. The Morgan fingerprint density at radius 2 is 1.56 bits per heavy atom. The molecule has 218 valence electrons. The fourth-order valence-corrected chi connectivity index (χ4v) is 5.48. The summed E-state index contributed by atoms with van der Waals surface area (Å²) < 4.78 is 71.0. The Morgan fingerprint density at radius 3 is 2.15 bits per heavy atom. The van der Waals surface area contributed by atoms with E-state index in [4.69, 9.17) is 14.2 Å². The van der Waals surface area contributed by atoms with Gasteiger partial charge in [0.15, 0.2) is 0 Å². The van der Waals surface area contributed by atoms with E-state index in [1.165, 1.54) is 29.2 Å². The van der Waals surface area contributed by atoms with E-state index in [0.29, 0.717) is 57.2 Å². The molecule has 0 radical (unpaired) electrons. The van der Waals surface area contributed by atoms with E-state index in [2.05, 4.69) is 4.90 Å². The first kappa shape index (κ1) is 28.7. The van der Waals surface area contributed by atoms with Crippen molar-refractivity contribution in [1.29, 1.82) is 0 Å². The summed E-state index contributed by atoms with van der Waals surface area (Å²) in [5.74, 6) is 0.972. The number of benzene rings is 3. The molecule has 0 aromatic heterocycles. The van der Waals surface area contributed by atoms with Gasteiger partial charge in [0.25, 0.3) is 0 Å². The minimum absolute atomic E-state index is 0.178. The molecule has 10 heteroatoms. The molecule has 1 spiro atoms. The van der Waals surface area contributed by atoms with E-state index in [1.54, 1.807) is 12.1 Å². The summed E-state index contributed by atoms with van der Waals surface area (Å²) in [6, 6.07) is 14.9. The normalized spacial score (nSPS) is 17.1. The summed E-state index contributed by atoms with van der Waals surface area (Å²) >= 11 is 0. The average Bonchev–Trinajstić information content (AvgIpc) is 3.26. The standard InChI is InChI=1S/C31H32F4N2O4/c1-3-39-26-16-21(17-27(40-4-2)28(26)22-8-10-24(32)11-9-22)19-36-14-12-30(13-15-36)20-37(29(38)41-30)25-7-5-6-23(18-25)31(33,34)35/h5-11,16-18H,3-4,12-15,19-20H2,1-2H3. The number of rotatable bonds is 8. The quantitative estimate of drug-likeness (QED) is 0.265. The number of hydrogen-bond acceptors (Lipinski definition) is 5. The third kappa shape index (κ3) is 6.27. The first-order valence-corrected chi connectivity index (χ1v) is 13.7. The number of ether oxygens (including phenoxy) is 3. The Morgan fingerprint density at radius 1 is 0.927 bits per heavy atom. The van der Waals surface area contributed by atoms with E-state index < -0.39 is 23.4 Å². The van der Waals surface area contributed by atoms with Gasteiger partial charge >= 0.3 is 12.3 Å². The molecule has 2 fully saturated rings. The van der Waals surface area contributed by atoms with Crippen LogP contribution in [0.3, 0.4) is 0 Å². The molecule has 0 aliphatic carbocycles. The first-order valence-electron chi connectivity index (χ1n) is 13.7. The van der Waals surface area contributed by atoms with Crippen LogP contribution in [0.15, 0.2) is 60.7 Å². The first-order chi connectivity index (χ1) is 19.6. The molecular formula is C31H32F4N2O4. The molecule has 3 aromatic rings. The second-order valence-corrected chi connectivity index (χ2v) is 10.3. The minimum atomic E-state index is -4.50. The summed E-state index contributed by atoms with van der Waals surface area (Å²) in [6.07, 6.45) is -4.02. The minimum Gasteiger partial charge on any atom is -0.493 e. The number of anilines is 1. The van der Waals surface area contributed by atoms with Gasteiger partial charge in [-0.05, 0) is 67.4 Å². The number of alkyl halides is 3. The highest BCUT2D eigenvalue weighted by molar-refractivity contribution is 5.90. The zero-order valence-electron chi connectivity index (χ0n) is 23.0. The van der Waals surface area contributed by atoms with Crippen LogP contribution in [0.2, 0.25) is 0 Å². The van der Waals surface area contributed by atoms with Gasteiger partial charge in [0, 0.05) is 38.2 Å². The smallest absolute Gasteiger partial charge is 0.416 e. The monoisotopic (exact) mass is 572 g/mol. The lowest BCUT2D eigenvalue weighted by atomic mass is 9.91. The van der Waals surface area contributed by atoms with Crippen LogP contribution in [0.4, 0.5) is 28.0 Å². The maximum absolute atomic E-state index is 13.6. The number of carbonyl (C=O) groups is 1. The second-order valence-electron chi connectivity index (χ2n) is 10.3. The lowest BCUT2D eigenvalue weighted by Crippen LogP contribution is -2.46. The van der Waals surface area contributed by atoms with Gasteiger partial charge < -0.3 is 14.2 Å². The van der Waals surface area contributed by atoms with Crippen molar-refractivity contribution < 1.29 is 36.6 Å². The van der Waals surface area contributed by atoms with E-state index in [-0.39, 0.29) is 18.0 Å². The van der Waals surface area contributed by atoms with Gasteiger partial charge in [-0.25, -0.2) is 9.18 Å². The molecule has 41 heavy (non-hydrogen) atoms. The van der Waals surface area contributed by atoms with Gasteiger partial charge in [-0.2, -0.15) is 13.2 Å². The van der Waals surface area contributed by atoms with Gasteiger partial charge in [-0.1, -0.05) is 18.2 Å². The number of hydrogen-bond donors (Lipinski definition) is 0. The van der Waals surface area contributed by atoms with Gasteiger partial charge in [0.05, 0.1) is 30.9 Å². The maximum Gasteiger partial charge on any atom is 0.416 e. The van der Waals surface area contributed by atoms with Gasteiger partial charge in [-0.3, -0.25) is 9.80 Å². The van der Waals surface area contributed by atoms with Gasteiger partial charge in [0.2, 0.25) is 0 Å². The Kier molecular flexibility index (Phi) is 8.13. The van der Waals surface area contributed by atoms with Crippen molar-refractivity contribution in [2.75, 3.05) is 37.7 Å². The molecule has 0 N–H and O–H groups in total. The van der Waals surface area contributed by atoms with Crippen molar-refractivity contribution >= 4 is 11.8 Å². The zero-order chi connectivity index (χ0) is 29.2. The predicted molar refractivity (Wildman–Crippen MR) is 147 cm³/mol. The Balaban J connectivity index is 1.30. The van der Waals surface area contributed by atoms with Crippen LogP contribution in [0.25, 0.3) is 11.1 Å². The molecule has 2 aliphatic heterocycles. The molecule has 5 rings (SSSR count). The lowest BCUT2D eigenvalue weighted by molar-refractivity contribution is -0.137. The highest BCUT2D eigenvalue weighted by atomic mass is 19.4. The molecular weight excluding hydrogens is 540 g/mol. The van der Waals surface area contributed by atoms with Crippen LogP contribution >= 0.6 is 0 Å². The average molecular weight is 573 g/mol. The van der Waals surface area contributed by atoms with Crippen LogP contribution in [0.1, 0.15) is 37.8 Å². The van der Waals surface area contributed by atoms with Gasteiger partial charge in [-0.15, -0.1) is 0 Å². The molecule has 0 bridgehead atoms. The summed E-state index contributed by atoms with van der Waals surface area (Å²) in [5, 5.41) is 0. The Labute approximate surface area is 236 Å². The molecule has 1 amide bonds. The number of amides is 1. The largest absolute Gasteiger partial charge is 0.493 e.